The van der Waals surface area contributed by atoms with Crippen molar-refractivity contribution in [3.05, 3.63) is 34.9 Å². The summed E-state index contributed by atoms with van der Waals surface area (Å²) >= 11 is 5.84. The van der Waals surface area contributed by atoms with Crippen LogP contribution in [0.1, 0.15) is 18.4 Å². The average molecular weight is 236 g/mol. The number of hydrogen-bond acceptors (Lipinski definition) is 1. The van der Waals surface area contributed by atoms with E-state index < -0.39 is 0 Å². The fourth-order valence-electron chi connectivity index (χ4n) is 2.79. The normalized spacial score (nSPS) is 31.8. The molecule has 1 aromatic carbocycles. The second kappa shape index (κ2) is 3.77. The van der Waals surface area contributed by atoms with Crippen LogP contribution in [0.4, 0.5) is 0 Å². The van der Waals surface area contributed by atoms with E-state index in [9.17, 15) is 4.79 Å². The van der Waals surface area contributed by atoms with Gasteiger partial charge >= 0.3 is 0 Å². The zero-order chi connectivity index (χ0) is 11.1. The molecular formula is C13H14ClNO. The van der Waals surface area contributed by atoms with Gasteiger partial charge < -0.3 is 5.32 Å². The lowest BCUT2D eigenvalue weighted by molar-refractivity contribution is -0.122. The Morgan fingerprint density at radius 1 is 1.25 bits per heavy atom. The lowest BCUT2D eigenvalue weighted by Gasteiger charge is -2.31. The summed E-state index contributed by atoms with van der Waals surface area (Å²) in [5.74, 6) is 0.991. The number of hydrogen-bond donors (Lipinski definition) is 1. The Hall–Kier alpha value is -1.02. The second-order valence-corrected chi connectivity index (χ2v) is 5.23. The van der Waals surface area contributed by atoms with Gasteiger partial charge in [0.05, 0.1) is 0 Å². The van der Waals surface area contributed by atoms with Crippen LogP contribution in [0, 0.1) is 11.8 Å². The first-order chi connectivity index (χ1) is 7.74. The van der Waals surface area contributed by atoms with Gasteiger partial charge in [0.15, 0.2) is 0 Å². The van der Waals surface area contributed by atoms with Crippen molar-refractivity contribution in [1.82, 2.24) is 5.32 Å². The van der Waals surface area contributed by atoms with Crippen molar-refractivity contribution in [3.63, 3.8) is 0 Å². The standard InChI is InChI=1S/C13H14ClNO/c14-9-3-1-8(2-4-9)7-11-10-5-6-12(10)15-13(11)16/h1-4,10-12H,5-7H2,(H,15,16)/t10?,11?,12-/m1/s1. The van der Waals surface area contributed by atoms with Crippen molar-refractivity contribution in [2.45, 2.75) is 25.3 Å². The molecule has 1 heterocycles. The number of halogens is 1. The molecule has 3 atom stereocenters. The monoisotopic (exact) mass is 235 g/mol. The third-order valence-corrected chi connectivity index (χ3v) is 4.13. The Bertz CT molecular complexity index is 414. The highest BCUT2D eigenvalue weighted by molar-refractivity contribution is 6.30. The van der Waals surface area contributed by atoms with Crippen molar-refractivity contribution >= 4 is 17.5 Å². The summed E-state index contributed by atoms with van der Waals surface area (Å²) in [6.07, 6.45) is 3.21. The van der Waals surface area contributed by atoms with E-state index in [0.29, 0.717) is 12.0 Å². The fraction of sp³-hybridized carbons (Fsp3) is 0.462. The van der Waals surface area contributed by atoms with Gasteiger partial charge in [0.1, 0.15) is 0 Å². The number of nitrogens with one attached hydrogen (secondary N) is 1. The molecule has 1 amide bonds. The summed E-state index contributed by atoms with van der Waals surface area (Å²) in [5, 5.41) is 3.82. The van der Waals surface area contributed by atoms with E-state index in [1.807, 2.05) is 24.3 Å². The fourth-order valence-corrected chi connectivity index (χ4v) is 2.92. The molecule has 1 saturated heterocycles. The molecule has 0 bridgehead atoms. The van der Waals surface area contributed by atoms with E-state index in [-0.39, 0.29) is 11.8 Å². The Morgan fingerprint density at radius 2 is 2.00 bits per heavy atom. The summed E-state index contributed by atoms with van der Waals surface area (Å²) in [5.41, 5.74) is 1.21. The summed E-state index contributed by atoms with van der Waals surface area (Å²) in [7, 11) is 0. The molecule has 1 aliphatic carbocycles. The lowest BCUT2D eigenvalue weighted by atomic mass is 9.73. The first-order valence-corrected chi connectivity index (χ1v) is 6.16. The zero-order valence-corrected chi connectivity index (χ0v) is 9.70. The zero-order valence-electron chi connectivity index (χ0n) is 8.95. The Balaban J connectivity index is 1.74. The van der Waals surface area contributed by atoms with E-state index in [4.69, 9.17) is 11.6 Å². The van der Waals surface area contributed by atoms with Crippen molar-refractivity contribution in [2.75, 3.05) is 0 Å². The van der Waals surface area contributed by atoms with Crippen molar-refractivity contribution in [3.8, 4) is 0 Å². The molecule has 0 spiro atoms. The SMILES string of the molecule is O=C1N[C@@H]2CCC2C1Cc1ccc(Cl)cc1. The number of amides is 1. The number of carbonyl (C=O) groups excluding carboxylic acids is 1. The van der Waals surface area contributed by atoms with Crippen LogP contribution < -0.4 is 5.32 Å². The van der Waals surface area contributed by atoms with Gasteiger partial charge in [0, 0.05) is 17.0 Å². The van der Waals surface area contributed by atoms with Gasteiger partial charge in [0.25, 0.3) is 0 Å². The average Bonchev–Trinajstić information content (AvgIpc) is 2.45. The lowest BCUT2D eigenvalue weighted by Crippen LogP contribution is -2.36. The third kappa shape index (κ3) is 1.61. The number of benzene rings is 1. The largest absolute Gasteiger partial charge is 0.353 e. The molecule has 0 radical (unpaired) electrons. The summed E-state index contributed by atoms with van der Waals surface area (Å²) in [6.45, 7) is 0. The minimum absolute atomic E-state index is 0.180. The van der Waals surface area contributed by atoms with Gasteiger partial charge in [-0.1, -0.05) is 23.7 Å². The van der Waals surface area contributed by atoms with Crippen LogP contribution in [0.5, 0.6) is 0 Å². The highest BCUT2D eigenvalue weighted by atomic mass is 35.5. The van der Waals surface area contributed by atoms with Crippen LogP contribution in [0.15, 0.2) is 24.3 Å². The summed E-state index contributed by atoms with van der Waals surface area (Å²) < 4.78 is 0. The van der Waals surface area contributed by atoms with E-state index in [1.54, 1.807) is 0 Å². The van der Waals surface area contributed by atoms with Gasteiger partial charge in [0.2, 0.25) is 5.91 Å². The van der Waals surface area contributed by atoms with Crippen LogP contribution in [0.25, 0.3) is 0 Å². The number of carbonyl (C=O) groups is 1. The highest BCUT2D eigenvalue weighted by Gasteiger charge is 2.47. The second-order valence-electron chi connectivity index (χ2n) is 4.79. The summed E-state index contributed by atoms with van der Waals surface area (Å²) in [6, 6.07) is 8.28. The molecule has 1 saturated carbocycles. The molecule has 0 aromatic heterocycles. The van der Waals surface area contributed by atoms with Crippen LogP contribution in [0.2, 0.25) is 5.02 Å². The first-order valence-electron chi connectivity index (χ1n) is 5.79. The minimum Gasteiger partial charge on any atom is -0.353 e. The Kier molecular flexibility index (Phi) is 2.40. The van der Waals surface area contributed by atoms with Gasteiger partial charge in [-0.2, -0.15) is 0 Å². The molecular weight excluding hydrogens is 222 g/mol. The van der Waals surface area contributed by atoms with Gasteiger partial charge in [-0.25, -0.2) is 0 Å². The van der Waals surface area contributed by atoms with E-state index in [0.717, 1.165) is 17.9 Å². The molecule has 84 valence electrons. The molecule has 16 heavy (non-hydrogen) atoms. The molecule has 1 aliphatic heterocycles. The topological polar surface area (TPSA) is 29.1 Å². The third-order valence-electron chi connectivity index (χ3n) is 3.88. The van der Waals surface area contributed by atoms with E-state index in [1.165, 1.54) is 12.0 Å². The van der Waals surface area contributed by atoms with Crippen molar-refractivity contribution in [2.24, 2.45) is 11.8 Å². The Labute approximate surface area is 100.0 Å². The van der Waals surface area contributed by atoms with Crippen molar-refractivity contribution < 1.29 is 4.79 Å². The Morgan fingerprint density at radius 3 is 2.56 bits per heavy atom. The molecule has 2 nitrogen and oxygen atoms in total. The van der Waals surface area contributed by atoms with Crippen LogP contribution in [-0.2, 0) is 11.2 Å². The maximum Gasteiger partial charge on any atom is 0.224 e. The van der Waals surface area contributed by atoms with Crippen molar-refractivity contribution in [1.29, 1.82) is 0 Å². The predicted octanol–water partition coefficient (Wildman–Crippen LogP) is 2.41. The van der Waals surface area contributed by atoms with Crippen LogP contribution >= 0.6 is 11.6 Å². The smallest absolute Gasteiger partial charge is 0.224 e. The maximum absolute atomic E-state index is 11.8. The quantitative estimate of drug-likeness (QED) is 0.838. The molecule has 1 aromatic rings. The van der Waals surface area contributed by atoms with Gasteiger partial charge in [-0.15, -0.1) is 0 Å². The number of fused-ring (bicyclic) bond motifs is 1. The van der Waals surface area contributed by atoms with Gasteiger partial charge in [-0.05, 0) is 42.9 Å². The first kappa shape index (κ1) is 10.2. The van der Waals surface area contributed by atoms with E-state index in [2.05, 4.69) is 5.32 Å². The molecule has 3 rings (SSSR count). The highest BCUT2D eigenvalue weighted by Crippen LogP contribution is 2.40. The molecule has 2 unspecified atom stereocenters. The molecule has 2 aliphatic rings. The predicted molar refractivity (Wildman–Crippen MR) is 63.3 cm³/mol. The van der Waals surface area contributed by atoms with Crippen LogP contribution in [-0.4, -0.2) is 11.9 Å². The van der Waals surface area contributed by atoms with E-state index >= 15 is 0 Å². The molecule has 3 heteroatoms. The molecule has 1 N–H and O–H groups in total. The minimum atomic E-state index is 0.180. The maximum atomic E-state index is 11.8. The summed E-state index contributed by atoms with van der Waals surface area (Å²) in [4.78, 5) is 11.8. The molecule has 2 fully saturated rings. The number of rotatable bonds is 2. The van der Waals surface area contributed by atoms with Crippen LogP contribution in [0.3, 0.4) is 0 Å². The van der Waals surface area contributed by atoms with Gasteiger partial charge in [-0.3, -0.25) is 4.79 Å².